The summed E-state index contributed by atoms with van der Waals surface area (Å²) in [5.41, 5.74) is -2.47. The van der Waals surface area contributed by atoms with Gasteiger partial charge in [0, 0.05) is 25.2 Å². The minimum Gasteiger partial charge on any atom is -0.459 e. The molecule has 7 nitrogen and oxygen atoms in total. The van der Waals surface area contributed by atoms with E-state index in [0.29, 0.717) is 31.3 Å². The van der Waals surface area contributed by atoms with Crippen LogP contribution in [0.25, 0.3) is 0 Å². The van der Waals surface area contributed by atoms with Crippen molar-refractivity contribution >= 4 is 17.7 Å². The second kappa shape index (κ2) is 5.98. The maximum atomic E-state index is 13.6. The van der Waals surface area contributed by atoms with Crippen LogP contribution in [-0.4, -0.2) is 52.8 Å². The van der Waals surface area contributed by atoms with Crippen LogP contribution in [0.15, 0.2) is 12.2 Å². The van der Waals surface area contributed by atoms with Crippen LogP contribution in [0.3, 0.4) is 0 Å². The number of aliphatic hydroxyl groups excluding tert-OH is 1. The number of esters is 2. The van der Waals surface area contributed by atoms with Gasteiger partial charge in [-0.15, -0.1) is 0 Å². The van der Waals surface area contributed by atoms with Gasteiger partial charge in [-0.2, -0.15) is 0 Å². The molecule has 0 aromatic carbocycles. The molecule has 0 aromatic rings. The second-order valence-corrected chi connectivity index (χ2v) is 11.3. The average Bonchev–Trinajstić information content (AvgIpc) is 3.34. The Morgan fingerprint density at radius 1 is 1.10 bits per heavy atom. The van der Waals surface area contributed by atoms with Crippen molar-refractivity contribution in [3.63, 3.8) is 0 Å². The Labute approximate surface area is 182 Å². The highest BCUT2D eigenvalue weighted by atomic mass is 16.6. The lowest BCUT2D eigenvalue weighted by molar-refractivity contribution is -0.269. The van der Waals surface area contributed by atoms with Gasteiger partial charge >= 0.3 is 11.9 Å². The number of carbonyl (C=O) groups is 3. The smallest absolute Gasteiger partial charge is 0.303 e. The first kappa shape index (κ1) is 21.1. The highest BCUT2D eigenvalue weighted by molar-refractivity contribution is 6.04. The summed E-state index contributed by atoms with van der Waals surface area (Å²) in [5, 5.41) is 11.5. The lowest BCUT2D eigenvalue weighted by Gasteiger charge is -2.66. The molecule has 1 heterocycles. The Morgan fingerprint density at radius 3 is 2.35 bits per heavy atom. The third-order valence-corrected chi connectivity index (χ3v) is 9.24. The molecule has 1 saturated heterocycles. The molecule has 0 amide bonds. The van der Waals surface area contributed by atoms with Crippen LogP contribution < -0.4 is 0 Å². The third-order valence-electron chi connectivity index (χ3n) is 9.24. The second-order valence-electron chi connectivity index (χ2n) is 11.3. The zero-order valence-electron chi connectivity index (χ0n) is 18.9. The fraction of sp³-hybridized carbons (Fsp3) is 0.792. The van der Waals surface area contributed by atoms with Crippen molar-refractivity contribution in [3.05, 3.63) is 12.2 Å². The molecule has 0 unspecified atom stereocenters. The predicted octanol–water partition coefficient (Wildman–Crippen LogP) is 2.34. The molecule has 0 radical (unpaired) electrons. The summed E-state index contributed by atoms with van der Waals surface area (Å²) in [6.07, 6.45) is -0.369. The van der Waals surface area contributed by atoms with E-state index in [2.05, 4.69) is 6.58 Å². The number of epoxide rings is 1. The van der Waals surface area contributed by atoms with Crippen LogP contribution in [0.4, 0.5) is 0 Å². The highest BCUT2D eigenvalue weighted by Crippen LogP contribution is 2.80. The summed E-state index contributed by atoms with van der Waals surface area (Å²) in [6.45, 7) is 12.8. The molecule has 4 aliphatic carbocycles. The molecule has 2 spiro atoms. The standard InChI is InChI=1S/C24H32O7/c1-11-14-7-17-24(31-17)22(6)18(15(27)9-23(24,8-14)19(11)28)21(4,5)10-16(29-12(2)25)20(22)30-13(3)26/h14-18,20,27H,1,7-10H2,2-6H3/t14-,15+,16+,17-,18-,20+,22+,23-,24+/m1/s1. The summed E-state index contributed by atoms with van der Waals surface area (Å²) >= 11 is 0. The SMILES string of the molecule is C=C1C(=O)[C@]23C[C@H]1C[C@H]1O[C@]12[C@@]1(C)[C@H]([C@@H](O)C3)C(C)(C)C[C@H](OC(C)=O)[C@@H]1OC(C)=O. The van der Waals surface area contributed by atoms with Crippen LogP contribution >= 0.6 is 0 Å². The molecule has 1 aliphatic heterocycles. The molecule has 7 heteroatoms. The summed E-state index contributed by atoms with van der Waals surface area (Å²) in [5.74, 6) is -1.20. The van der Waals surface area contributed by atoms with Gasteiger partial charge in [-0.25, -0.2) is 0 Å². The number of fused-ring (bicyclic) bond motifs is 2. The average molecular weight is 433 g/mol. The number of allylic oxidation sites excluding steroid dienone is 1. The van der Waals surface area contributed by atoms with E-state index in [1.165, 1.54) is 13.8 Å². The number of carbonyl (C=O) groups excluding carboxylic acids is 3. The van der Waals surface area contributed by atoms with E-state index < -0.39 is 52.1 Å². The summed E-state index contributed by atoms with van der Waals surface area (Å²) < 4.78 is 18.1. The predicted molar refractivity (Wildman–Crippen MR) is 109 cm³/mol. The van der Waals surface area contributed by atoms with Gasteiger partial charge in [-0.3, -0.25) is 14.4 Å². The van der Waals surface area contributed by atoms with E-state index in [1.807, 2.05) is 20.8 Å². The Hall–Kier alpha value is -1.73. The molecule has 5 fully saturated rings. The van der Waals surface area contributed by atoms with Crippen LogP contribution in [-0.2, 0) is 28.6 Å². The first-order chi connectivity index (χ1) is 14.3. The largest absolute Gasteiger partial charge is 0.459 e. The highest BCUT2D eigenvalue weighted by Gasteiger charge is 2.89. The van der Waals surface area contributed by atoms with Gasteiger partial charge in [0.25, 0.3) is 0 Å². The van der Waals surface area contributed by atoms with Crippen molar-refractivity contribution in [1.82, 2.24) is 0 Å². The number of rotatable bonds is 2. The molecule has 9 atom stereocenters. The van der Waals surface area contributed by atoms with Gasteiger partial charge in [-0.05, 0) is 42.6 Å². The van der Waals surface area contributed by atoms with Crippen LogP contribution in [0, 0.1) is 28.1 Å². The monoisotopic (exact) mass is 432 g/mol. The fourth-order valence-corrected chi connectivity index (χ4v) is 8.73. The van der Waals surface area contributed by atoms with E-state index in [9.17, 15) is 19.5 Å². The van der Waals surface area contributed by atoms with Gasteiger partial charge in [0.05, 0.1) is 17.6 Å². The molecular formula is C24H32O7. The number of hydrogen-bond donors (Lipinski definition) is 1. The van der Waals surface area contributed by atoms with Crippen molar-refractivity contribution in [1.29, 1.82) is 0 Å². The van der Waals surface area contributed by atoms with Crippen molar-refractivity contribution in [2.45, 2.75) is 90.3 Å². The Bertz CT molecular complexity index is 908. The van der Waals surface area contributed by atoms with Gasteiger partial charge in [0.2, 0.25) is 0 Å². The Morgan fingerprint density at radius 2 is 1.74 bits per heavy atom. The van der Waals surface area contributed by atoms with Gasteiger partial charge in [0.1, 0.15) is 17.8 Å². The first-order valence-electron chi connectivity index (χ1n) is 11.3. The molecule has 5 aliphatic rings. The summed E-state index contributed by atoms with van der Waals surface area (Å²) in [4.78, 5) is 37.8. The number of Topliss-reactive ketones (excluding diaryl/α,β-unsaturated/α-hetero) is 1. The quantitative estimate of drug-likeness (QED) is 0.406. The number of hydrogen-bond acceptors (Lipinski definition) is 7. The molecule has 31 heavy (non-hydrogen) atoms. The molecule has 0 aromatic heterocycles. The number of ether oxygens (including phenoxy) is 3. The maximum absolute atomic E-state index is 13.6. The summed E-state index contributed by atoms with van der Waals surface area (Å²) in [7, 11) is 0. The van der Waals surface area contributed by atoms with Crippen LogP contribution in [0.5, 0.6) is 0 Å². The molecule has 2 bridgehead atoms. The van der Waals surface area contributed by atoms with Gasteiger partial charge < -0.3 is 19.3 Å². The Balaban J connectivity index is 1.73. The van der Waals surface area contributed by atoms with Crippen molar-refractivity contribution in [3.8, 4) is 0 Å². The van der Waals surface area contributed by atoms with E-state index in [1.54, 1.807) is 0 Å². The van der Waals surface area contributed by atoms with Crippen LogP contribution in [0.2, 0.25) is 0 Å². The van der Waals surface area contributed by atoms with Crippen molar-refractivity contribution in [2.24, 2.45) is 28.1 Å². The molecule has 170 valence electrons. The maximum Gasteiger partial charge on any atom is 0.303 e. The zero-order valence-corrected chi connectivity index (χ0v) is 18.9. The van der Waals surface area contributed by atoms with E-state index in [4.69, 9.17) is 14.2 Å². The lowest BCUT2D eigenvalue weighted by atomic mass is 9.38. The molecule has 1 N–H and O–H groups in total. The third kappa shape index (κ3) is 2.29. The summed E-state index contributed by atoms with van der Waals surface area (Å²) in [6, 6.07) is 0. The Kier molecular flexibility index (Phi) is 4.08. The lowest BCUT2D eigenvalue weighted by Crippen LogP contribution is -2.75. The number of aliphatic hydroxyl groups is 1. The number of ketones is 1. The molecular weight excluding hydrogens is 400 g/mol. The first-order valence-corrected chi connectivity index (χ1v) is 11.3. The van der Waals surface area contributed by atoms with Crippen molar-refractivity contribution < 1.29 is 33.7 Å². The van der Waals surface area contributed by atoms with E-state index >= 15 is 0 Å². The zero-order chi connectivity index (χ0) is 22.7. The fourth-order valence-electron chi connectivity index (χ4n) is 8.73. The molecule has 5 rings (SSSR count). The van der Waals surface area contributed by atoms with Crippen LogP contribution in [0.1, 0.15) is 60.3 Å². The van der Waals surface area contributed by atoms with Gasteiger partial charge in [0.15, 0.2) is 5.78 Å². The minimum atomic E-state index is -0.909. The van der Waals surface area contributed by atoms with E-state index in [0.717, 1.165) is 0 Å². The van der Waals surface area contributed by atoms with Gasteiger partial charge in [-0.1, -0.05) is 27.4 Å². The van der Waals surface area contributed by atoms with E-state index in [-0.39, 0.29) is 23.7 Å². The topological polar surface area (TPSA) is 102 Å². The van der Waals surface area contributed by atoms with Crippen molar-refractivity contribution in [2.75, 3.05) is 0 Å². The molecule has 4 saturated carbocycles. The minimum absolute atomic E-state index is 0.0229. The normalized spacial score (nSPS) is 51.3.